The third-order valence-corrected chi connectivity index (χ3v) is 3.10. The Balaban J connectivity index is 2.37. The van der Waals surface area contributed by atoms with Crippen molar-refractivity contribution in [3.8, 4) is 0 Å². The fourth-order valence-electron chi connectivity index (χ4n) is 2.37. The summed E-state index contributed by atoms with van der Waals surface area (Å²) >= 11 is 0. The van der Waals surface area contributed by atoms with Gasteiger partial charge in [-0.2, -0.15) is 0 Å². The molecule has 1 saturated heterocycles. The van der Waals surface area contributed by atoms with E-state index in [1.54, 1.807) is 0 Å². The van der Waals surface area contributed by atoms with E-state index in [0.29, 0.717) is 6.04 Å². The molecule has 0 bridgehead atoms. The molecule has 1 N–H and O–H groups in total. The average Bonchev–Trinajstić information content (AvgIpc) is 2.67. The molecule has 1 aliphatic rings. The van der Waals surface area contributed by atoms with Crippen LogP contribution in [0.3, 0.4) is 0 Å². The number of likely N-dealkylation sites (N-methyl/N-ethyl adjacent to an activating group) is 1. The Bertz CT molecular complexity index is 235. The maximum absolute atomic E-state index is 11.5. The zero-order valence-corrected chi connectivity index (χ0v) is 10.9. The standard InChI is InChI=1S/C12H24N2O2/c1-12(2,11(15)16-4)9-14(3)8-10-6-5-7-13-10/h10,13H,5-9H2,1-4H3. The molecule has 1 rings (SSSR count). The second kappa shape index (κ2) is 5.64. The quantitative estimate of drug-likeness (QED) is 0.709. The first-order valence-electron chi connectivity index (χ1n) is 5.96. The monoisotopic (exact) mass is 228 g/mol. The molecule has 1 aliphatic heterocycles. The molecule has 1 unspecified atom stereocenters. The van der Waals surface area contributed by atoms with Gasteiger partial charge in [-0.1, -0.05) is 0 Å². The normalized spacial score (nSPS) is 21.4. The van der Waals surface area contributed by atoms with Gasteiger partial charge in [-0.3, -0.25) is 4.79 Å². The Labute approximate surface area is 98.3 Å². The lowest BCUT2D eigenvalue weighted by Crippen LogP contribution is -2.42. The second-order valence-corrected chi connectivity index (χ2v) is 5.37. The average molecular weight is 228 g/mol. The minimum Gasteiger partial charge on any atom is -0.469 e. The van der Waals surface area contributed by atoms with E-state index in [1.807, 2.05) is 13.8 Å². The molecule has 4 nitrogen and oxygen atoms in total. The summed E-state index contributed by atoms with van der Waals surface area (Å²) in [6.45, 7) is 6.71. The number of nitrogens with zero attached hydrogens (tertiary/aromatic N) is 1. The van der Waals surface area contributed by atoms with Crippen LogP contribution in [0.4, 0.5) is 0 Å². The summed E-state index contributed by atoms with van der Waals surface area (Å²) in [5.74, 6) is -0.140. The molecule has 4 heteroatoms. The third kappa shape index (κ3) is 3.76. The summed E-state index contributed by atoms with van der Waals surface area (Å²) in [4.78, 5) is 13.7. The topological polar surface area (TPSA) is 41.6 Å². The molecule has 16 heavy (non-hydrogen) atoms. The molecule has 94 valence electrons. The molecular weight excluding hydrogens is 204 g/mol. The number of rotatable bonds is 5. The van der Waals surface area contributed by atoms with Gasteiger partial charge in [0.05, 0.1) is 12.5 Å². The van der Waals surface area contributed by atoms with Crippen LogP contribution in [0, 0.1) is 5.41 Å². The smallest absolute Gasteiger partial charge is 0.312 e. The van der Waals surface area contributed by atoms with E-state index in [1.165, 1.54) is 20.0 Å². The van der Waals surface area contributed by atoms with Crippen LogP contribution in [0.2, 0.25) is 0 Å². The molecule has 1 heterocycles. The summed E-state index contributed by atoms with van der Waals surface area (Å²) in [6, 6.07) is 0.582. The number of hydrogen-bond donors (Lipinski definition) is 1. The molecule has 1 atom stereocenters. The van der Waals surface area contributed by atoms with Gasteiger partial charge in [0.15, 0.2) is 0 Å². The highest BCUT2D eigenvalue weighted by Crippen LogP contribution is 2.19. The summed E-state index contributed by atoms with van der Waals surface area (Å²) < 4.78 is 4.80. The predicted molar refractivity (Wildman–Crippen MR) is 64.3 cm³/mol. The van der Waals surface area contributed by atoms with E-state index in [-0.39, 0.29) is 5.97 Å². The lowest BCUT2D eigenvalue weighted by atomic mass is 9.93. The molecule has 0 saturated carbocycles. The van der Waals surface area contributed by atoms with Crippen LogP contribution in [-0.2, 0) is 9.53 Å². The van der Waals surface area contributed by atoms with E-state index in [4.69, 9.17) is 4.74 Å². The van der Waals surface area contributed by atoms with Gasteiger partial charge in [0.25, 0.3) is 0 Å². The van der Waals surface area contributed by atoms with Crippen molar-refractivity contribution in [1.29, 1.82) is 0 Å². The van der Waals surface area contributed by atoms with E-state index < -0.39 is 5.41 Å². The number of nitrogens with one attached hydrogen (secondary N) is 1. The van der Waals surface area contributed by atoms with Gasteiger partial charge in [-0.25, -0.2) is 0 Å². The Kier molecular flexibility index (Phi) is 4.74. The predicted octanol–water partition coefficient (Wildman–Crippen LogP) is 0.869. The Morgan fingerprint density at radius 2 is 2.25 bits per heavy atom. The molecule has 0 aromatic carbocycles. The molecular formula is C12H24N2O2. The van der Waals surface area contributed by atoms with Crippen molar-refractivity contribution >= 4 is 5.97 Å². The van der Waals surface area contributed by atoms with Crippen molar-refractivity contribution in [3.05, 3.63) is 0 Å². The number of carbonyl (C=O) groups excluding carboxylic acids is 1. The summed E-state index contributed by atoms with van der Waals surface area (Å²) in [5, 5.41) is 3.46. The maximum Gasteiger partial charge on any atom is 0.312 e. The number of carbonyl (C=O) groups is 1. The Morgan fingerprint density at radius 3 is 2.75 bits per heavy atom. The number of ether oxygens (including phenoxy) is 1. The molecule has 0 radical (unpaired) electrons. The highest BCUT2D eigenvalue weighted by molar-refractivity contribution is 5.76. The van der Waals surface area contributed by atoms with Crippen LogP contribution in [0.1, 0.15) is 26.7 Å². The minimum absolute atomic E-state index is 0.140. The van der Waals surface area contributed by atoms with Crippen molar-refractivity contribution in [2.75, 3.05) is 33.8 Å². The summed E-state index contributed by atoms with van der Waals surface area (Å²) in [7, 11) is 3.51. The number of hydrogen-bond acceptors (Lipinski definition) is 4. The second-order valence-electron chi connectivity index (χ2n) is 5.37. The fraction of sp³-hybridized carbons (Fsp3) is 0.917. The van der Waals surface area contributed by atoms with Crippen molar-refractivity contribution in [1.82, 2.24) is 10.2 Å². The highest BCUT2D eigenvalue weighted by Gasteiger charge is 2.30. The van der Waals surface area contributed by atoms with Gasteiger partial charge in [0.2, 0.25) is 0 Å². The van der Waals surface area contributed by atoms with Crippen molar-refractivity contribution in [3.63, 3.8) is 0 Å². The van der Waals surface area contributed by atoms with Crippen molar-refractivity contribution in [2.24, 2.45) is 5.41 Å². The molecule has 0 amide bonds. The van der Waals surface area contributed by atoms with Gasteiger partial charge >= 0.3 is 5.97 Å². The van der Waals surface area contributed by atoms with Crippen molar-refractivity contribution < 1.29 is 9.53 Å². The van der Waals surface area contributed by atoms with Gasteiger partial charge in [0.1, 0.15) is 0 Å². The largest absolute Gasteiger partial charge is 0.469 e. The number of methoxy groups -OCH3 is 1. The van der Waals surface area contributed by atoms with Crippen LogP contribution in [-0.4, -0.2) is 50.7 Å². The van der Waals surface area contributed by atoms with Crippen LogP contribution in [0.25, 0.3) is 0 Å². The fourth-order valence-corrected chi connectivity index (χ4v) is 2.37. The third-order valence-electron chi connectivity index (χ3n) is 3.10. The Hall–Kier alpha value is -0.610. The van der Waals surface area contributed by atoms with Crippen LogP contribution >= 0.6 is 0 Å². The van der Waals surface area contributed by atoms with Gasteiger partial charge < -0.3 is 15.0 Å². The van der Waals surface area contributed by atoms with E-state index in [2.05, 4.69) is 17.3 Å². The van der Waals surface area contributed by atoms with Crippen LogP contribution < -0.4 is 5.32 Å². The van der Waals surface area contributed by atoms with Gasteiger partial charge in [-0.15, -0.1) is 0 Å². The minimum atomic E-state index is -0.428. The van der Waals surface area contributed by atoms with E-state index in [0.717, 1.165) is 19.6 Å². The van der Waals surface area contributed by atoms with Crippen LogP contribution in [0.5, 0.6) is 0 Å². The molecule has 0 aromatic rings. The van der Waals surface area contributed by atoms with Gasteiger partial charge in [-0.05, 0) is 40.3 Å². The first kappa shape index (κ1) is 13.5. The molecule has 0 spiro atoms. The highest BCUT2D eigenvalue weighted by atomic mass is 16.5. The van der Waals surface area contributed by atoms with E-state index in [9.17, 15) is 4.79 Å². The Morgan fingerprint density at radius 1 is 1.56 bits per heavy atom. The molecule has 1 fully saturated rings. The number of esters is 1. The van der Waals surface area contributed by atoms with Gasteiger partial charge in [0, 0.05) is 19.1 Å². The SMILES string of the molecule is COC(=O)C(C)(C)CN(C)CC1CCCN1. The van der Waals surface area contributed by atoms with Crippen LogP contribution in [0.15, 0.2) is 0 Å². The molecule has 0 aliphatic carbocycles. The zero-order chi connectivity index (χ0) is 12.2. The molecule has 0 aromatic heterocycles. The summed E-state index contributed by atoms with van der Waals surface area (Å²) in [6.07, 6.45) is 2.50. The zero-order valence-electron chi connectivity index (χ0n) is 10.9. The maximum atomic E-state index is 11.5. The lowest BCUT2D eigenvalue weighted by molar-refractivity contribution is -0.151. The van der Waals surface area contributed by atoms with E-state index >= 15 is 0 Å². The lowest BCUT2D eigenvalue weighted by Gasteiger charge is -2.29. The first-order chi connectivity index (χ1) is 7.45. The van der Waals surface area contributed by atoms with Crippen molar-refractivity contribution in [2.45, 2.75) is 32.7 Å². The first-order valence-corrected chi connectivity index (χ1v) is 5.96. The summed E-state index contributed by atoms with van der Waals surface area (Å²) in [5.41, 5.74) is -0.428.